The molecule has 0 aromatic heterocycles. The van der Waals surface area contributed by atoms with E-state index in [-0.39, 0.29) is 6.23 Å². The molecule has 30 heavy (non-hydrogen) atoms. The first-order valence-corrected chi connectivity index (χ1v) is 14.1. The summed E-state index contributed by atoms with van der Waals surface area (Å²) in [4.78, 5) is 0. The zero-order valence-electron chi connectivity index (χ0n) is 21.7. The van der Waals surface area contributed by atoms with Crippen LogP contribution in [0.4, 0.5) is 0 Å². The zero-order valence-corrected chi connectivity index (χ0v) is 21.7. The first kappa shape index (κ1) is 29.9. The molecule has 2 heteroatoms. The van der Waals surface area contributed by atoms with E-state index in [1.54, 1.807) is 0 Å². The van der Waals surface area contributed by atoms with Gasteiger partial charge >= 0.3 is 0 Å². The van der Waals surface area contributed by atoms with E-state index in [9.17, 15) is 5.11 Å². The van der Waals surface area contributed by atoms with Crippen molar-refractivity contribution >= 4 is 0 Å². The standard InChI is InChI=1S/C28H60NO/c1-5-8-10-12-14-16-18-20-22-24-26-29(4,28(30)7-3)27-25-23-21-19-17-15-13-11-9-6-2/h28,30H,5-27H2,1-4H3/q+1. The molecule has 0 rings (SSSR count). The maximum atomic E-state index is 10.6. The van der Waals surface area contributed by atoms with E-state index >= 15 is 0 Å². The summed E-state index contributed by atoms with van der Waals surface area (Å²) in [5, 5.41) is 10.6. The lowest BCUT2D eigenvalue weighted by molar-refractivity contribution is -0.954. The molecule has 1 unspecified atom stereocenters. The van der Waals surface area contributed by atoms with Crippen molar-refractivity contribution in [2.45, 2.75) is 162 Å². The van der Waals surface area contributed by atoms with Crippen molar-refractivity contribution in [1.82, 2.24) is 0 Å². The van der Waals surface area contributed by atoms with Crippen LogP contribution in [0, 0.1) is 0 Å². The highest BCUT2D eigenvalue weighted by molar-refractivity contribution is 4.52. The Morgan fingerprint density at radius 1 is 0.467 bits per heavy atom. The van der Waals surface area contributed by atoms with Crippen molar-refractivity contribution in [3.05, 3.63) is 0 Å². The van der Waals surface area contributed by atoms with E-state index in [0.29, 0.717) is 0 Å². The van der Waals surface area contributed by atoms with Crippen molar-refractivity contribution in [1.29, 1.82) is 0 Å². The molecule has 0 saturated carbocycles. The number of aliphatic hydroxyl groups is 1. The lowest BCUT2D eigenvalue weighted by Crippen LogP contribution is -2.53. The summed E-state index contributed by atoms with van der Waals surface area (Å²) in [5.41, 5.74) is 0. The summed E-state index contributed by atoms with van der Waals surface area (Å²) in [7, 11) is 2.30. The lowest BCUT2D eigenvalue weighted by atomic mass is 10.1. The minimum absolute atomic E-state index is 0.179. The lowest BCUT2D eigenvalue weighted by Gasteiger charge is -2.38. The van der Waals surface area contributed by atoms with Gasteiger partial charge in [0.15, 0.2) is 6.23 Å². The number of quaternary nitrogens is 1. The fourth-order valence-corrected chi connectivity index (χ4v) is 4.77. The summed E-state index contributed by atoms with van der Waals surface area (Å²) in [6.45, 7) is 9.03. The monoisotopic (exact) mass is 426 g/mol. The van der Waals surface area contributed by atoms with Gasteiger partial charge in [0.1, 0.15) is 0 Å². The van der Waals surface area contributed by atoms with Crippen LogP contribution < -0.4 is 0 Å². The average molecular weight is 427 g/mol. The summed E-state index contributed by atoms with van der Waals surface area (Å²) in [6.07, 6.45) is 28.5. The Balaban J connectivity index is 3.78. The van der Waals surface area contributed by atoms with Gasteiger partial charge in [-0.05, 0) is 25.7 Å². The highest BCUT2D eigenvalue weighted by atomic mass is 16.3. The van der Waals surface area contributed by atoms with Crippen LogP contribution in [0.25, 0.3) is 0 Å². The highest BCUT2D eigenvalue weighted by Crippen LogP contribution is 2.18. The largest absolute Gasteiger partial charge is 0.345 e. The van der Waals surface area contributed by atoms with Gasteiger partial charge in [0.25, 0.3) is 0 Å². The van der Waals surface area contributed by atoms with Crippen molar-refractivity contribution in [3.63, 3.8) is 0 Å². The molecule has 0 fully saturated rings. The van der Waals surface area contributed by atoms with E-state index in [1.807, 2.05) is 0 Å². The maximum Gasteiger partial charge on any atom is 0.190 e. The first-order valence-electron chi connectivity index (χ1n) is 14.1. The van der Waals surface area contributed by atoms with E-state index in [4.69, 9.17) is 0 Å². The third-order valence-corrected chi connectivity index (χ3v) is 7.13. The van der Waals surface area contributed by atoms with E-state index in [1.165, 1.54) is 128 Å². The Morgan fingerprint density at radius 2 is 0.733 bits per heavy atom. The molecule has 0 saturated heterocycles. The van der Waals surface area contributed by atoms with Crippen molar-refractivity contribution in [3.8, 4) is 0 Å². The maximum absolute atomic E-state index is 10.6. The molecule has 0 aliphatic carbocycles. The Labute approximate surface area is 191 Å². The first-order chi connectivity index (χ1) is 14.6. The second-order valence-electron chi connectivity index (χ2n) is 10.2. The molecule has 0 heterocycles. The third kappa shape index (κ3) is 17.6. The molecule has 182 valence electrons. The fourth-order valence-electron chi connectivity index (χ4n) is 4.77. The van der Waals surface area contributed by atoms with Gasteiger partial charge in [-0.15, -0.1) is 0 Å². The van der Waals surface area contributed by atoms with Crippen LogP contribution in [-0.2, 0) is 0 Å². The Bertz CT molecular complexity index is 307. The Hall–Kier alpha value is -0.0800. The topological polar surface area (TPSA) is 20.2 Å². The minimum atomic E-state index is -0.179. The number of aliphatic hydroxyl groups excluding tert-OH is 1. The quantitative estimate of drug-likeness (QED) is 0.0927. The predicted molar refractivity (Wildman–Crippen MR) is 136 cm³/mol. The average Bonchev–Trinajstić information content (AvgIpc) is 2.75. The van der Waals surface area contributed by atoms with Gasteiger partial charge in [0.05, 0.1) is 20.1 Å². The van der Waals surface area contributed by atoms with Crippen LogP contribution in [0.1, 0.15) is 156 Å². The van der Waals surface area contributed by atoms with E-state index in [2.05, 4.69) is 27.8 Å². The smallest absolute Gasteiger partial charge is 0.190 e. The summed E-state index contributed by atoms with van der Waals surface area (Å²) in [6, 6.07) is 0. The molecule has 0 radical (unpaired) electrons. The van der Waals surface area contributed by atoms with Gasteiger partial charge in [-0.3, -0.25) is 0 Å². The van der Waals surface area contributed by atoms with Crippen LogP contribution in [0.2, 0.25) is 0 Å². The highest BCUT2D eigenvalue weighted by Gasteiger charge is 2.28. The second kappa shape index (κ2) is 22.1. The van der Waals surface area contributed by atoms with Gasteiger partial charge in [0.2, 0.25) is 0 Å². The molecule has 1 atom stereocenters. The van der Waals surface area contributed by atoms with Crippen LogP contribution in [0.5, 0.6) is 0 Å². The number of unbranched alkanes of at least 4 members (excludes halogenated alkanes) is 18. The molecule has 0 aliphatic heterocycles. The van der Waals surface area contributed by atoms with Gasteiger partial charge in [-0.2, -0.15) is 0 Å². The number of nitrogens with zero attached hydrogens (tertiary/aromatic N) is 1. The molecular formula is C28H60NO+. The van der Waals surface area contributed by atoms with Crippen molar-refractivity contribution < 1.29 is 9.59 Å². The normalized spacial score (nSPS) is 13.1. The number of rotatable bonds is 24. The van der Waals surface area contributed by atoms with Gasteiger partial charge in [-0.25, -0.2) is 0 Å². The number of hydrogen-bond acceptors (Lipinski definition) is 1. The molecule has 0 aromatic carbocycles. The summed E-state index contributed by atoms with van der Waals surface area (Å²) >= 11 is 0. The zero-order chi connectivity index (χ0) is 22.3. The summed E-state index contributed by atoms with van der Waals surface area (Å²) < 4.78 is 0.879. The van der Waals surface area contributed by atoms with Crippen molar-refractivity contribution in [2.24, 2.45) is 0 Å². The van der Waals surface area contributed by atoms with Crippen molar-refractivity contribution in [2.75, 3.05) is 20.1 Å². The molecule has 0 amide bonds. The Morgan fingerprint density at radius 3 is 1.00 bits per heavy atom. The molecule has 0 bridgehead atoms. The van der Waals surface area contributed by atoms with Crippen LogP contribution in [-0.4, -0.2) is 36.0 Å². The molecule has 0 aliphatic rings. The third-order valence-electron chi connectivity index (χ3n) is 7.13. The predicted octanol–water partition coefficient (Wildman–Crippen LogP) is 9.00. The van der Waals surface area contributed by atoms with E-state index < -0.39 is 0 Å². The SMILES string of the molecule is CCCCCCCCCCCC[N+](C)(CCCCCCCCCCCC)C(O)CC. The number of hydrogen-bond donors (Lipinski definition) is 1. The second-order valence-corrected chi connectivity index (χ2v) is 10.2. The fraction of sp³-hybridized carbons (Fsp3) is 1.00. The Kier molecular flexibility index (Phi) is 22.1. The van der Waals surface area contributed by atoms with Gasteiger partial charge < -0.3 is 9.59 Å². The van der Waals surface area contributed by atoms with Crippen LogP contribution in [0.3, 0.4) is 0 Å². The molecule has 0 aromatic rings. The van der Waals surface area contributed by atoms with Gasteiger partial charge in [0, 0.05) is 6.42 Å². The molecule has 0 spiro atoms. The van der Waals surface area contributed by atoms with Gasteiger partial charge in [-0.1, -0.05) is 124 Å². The molecule has 1 N–H and O–H groups in total. The van der Waals surface area contributed by atoms with Crippen LogP contribution in [0.15, 0.2) is 0 Å². The molecule has 2 nitrogen and oxygen atoms in total. The van der Waals surface area contributed by atoms with Crippen LogP contribution >= 0.6 is 0 Å². The minimum Gasteiger partial charge on any atom is -0.345 e. The van der Waals surface area contributed by atoms with E-state index in [0.717, 1.165) is 24.0 Å². The summed E-state index contributed by atoms with van der Waals surface area (Å²) in [5.74, 6) is 0. The molecular weight excluding hydrogens is 366 g/mol.